The summed E-state index contributed by atoms with van der Waals surface area (Å²) < 4.78 is 7.16. The van der Waals surface area contributed by atoms with Crippen molar-refractivity contribution < 1.29 is 9.21 Å². The molecule has 33 heavy (non-hydrogen) atoms. The summed E-state index contributed by atoms with van der Waals surface area (Å²) in [5.41, 5.74) is 4.10. The van der Waals surface area contributed by atoms with Crippen LogP contribution < -0.4 is 10.9 Å². The number of fused-ring (bicyclic) bond motifs is 3. The molecule has 6 nitrogen and oxygen atoms in total. The summed E-state index contributed by atoms with van der Waals surface area (Å²) >= 11 is 2.91. The molecule has 0 saturated heterocycles. The number of nitrogens with one attached hydrogen (secondary N) is 1. The maximum absolute atomic E-state index is 13.6. The van der Waals surface area contributed by atoms with E-state index in [4.69, 9.17) is 9.40 Å². The Morgan fingerprint density at radius 3 is 2.88 bits per heavy atom. The minimum Gasteiger partial charge on any atom is -0.467 e. The van der Waals surface area contributed by atoms with Crippen molar-refractivity contribution in [3.8, 4) is 0 Å². The Kier molecular flexibility index (Phi) is 6.12. The van der Waals surface area contributed by atoms with Crippen molar-refractivity contribution >= 4 is 44.9 Å². The van der Waals surface area contributed by atoms with E-state index in [-0.39, 0.29) is 17.2 Å². The van der Waals surface area contributed by atoms with Crippen LogP contribution in [-0.2, 0) is 24.2 Å². The number of anilines is 1. The highest BCUT2D eigenvalue weighted by Gasteiger charge is 2.23. The standard InChI is InChI=1S/C25H25N3O3S2/c1-15-7-5-10-19(16(15)2)26-21(29)14-32-25-27-23-22(18-9-3-4-11-20(18)33-23)24(30)28(25)13-17-8-6-12-31-17/h5-8,10,12H,3-4,9,11,13-14H2,1-2H3,(H,26,29). The number of hydrogen-bond acceptors (Lipinski definition) is 6. The van der Waals surface area contributed by atoms with Crippen LogP contribution >= 0.6 is 23.1 Å². The number of hydrogen-bond donors (Lipinski definition) is 1. The zero-order chi connectivity index (χ0) is 22.9. The topological polar surface area (TPSA) is 77.1 Å². The molecule has 0 aliphatic heterocycles. The molecular weight excluding hydrogens is 454 g/mol. The average molecular weight is 480 g/mol. The summed E-state index contributed by atoms with van der Waals surface area (Å²) in [5, 5.41) is 4.27. The Bertz CT molecular complexity index is 1390. The van der Waals surface area contributed by atoms with E-state index in [1.165, 1.54) is 16.6 Å². The molecule has 0 saturated carbocycles. The number of aryl methyl sites for hydroxylation is 3. The molecule has 170 valence electrons. The molecule has 1 aromatic carbocycles. The normalized spacial score (nSPS) is 13.3. The first-order valence-corrected chi connectivity index (χ1v) is 12.9. The summed E-state index contributed by atoms with van der Waals surface area (Å²) in [5.74, 6) is 0.719. The average Bonchev–Trinajstić information content (AvgIpc) is 3.45. The van der Waals surface area contributed by atoms with Gasteiger partial charge in [0.05, 0.1) is 23.9 Å². The smallest absolute Gasteiger partial charge is 0.263 e. The van der Waals surface area contributed by atoms with Crippen LogP contribution in [0.4, 0.5) is 5.69 Å². The molecule has 0 atom stereocenters. The number of amides is 1. The van der Waals surface area contributed by atoms with Crippen LogP contribution in [0.5, 0.6) is 0 Å². The van der Waals surface area contributed by atoms with Crippen LogP contribution in [-0.4, -0.2) is 21.2 Å². The Balaban J connectivity index is 1.46. The highest BCUT2D eigenvalue weighted by atomic mass is 32.2. The van der Waals surface area contributed by atoms with Gasteiger partial charge in [0.15, 0.2) is 5.16 Å². The SMILES string of the molecule is Cc1cccc(NC(=O)CSc2nc3sc4c(c3c(=O)n2Cc2ccco2)CCCC4)c1C. The van der Waals surface area contributed by atoms with Gasteiger partial charge in [0.25, 0.3) is 5.56 Å². The number of thioether (sulfide) groups is 1. The van der Waals surface area contributed by atoms with Crippen LogP contribution in [0, 0.1) is 13.8 Å². The second-order valence-electron chi connectivity index (χ2n) is 8.34. The van der Waals surface area contributed by atoms with E-state index in [0.29, 0.717) is 17.5 Å². The molecule has 1 aliphatic rings. The Labute approximate surface area is 200 Å². The van der Waals surface area contributed by atoms with Crippen molar-refractivity contribution in [2.24, 2.45) is 0 Å². The summed E-state index contributed by atoms with van der Waals surface area (Å²) in [4.78, 5) is 33.2. The lowest BCUT2D eigenvalue weighted by Crippen LogP contribution is -2.25. The molecule has 1 aliphatic carbocycles. The van der Waals surface area contributed by atoms with Gasteiger partial charge in [-0.15, -0.1) is 11.3 Å². The van der Waals surface area contributed by atoms with Crippen LogP contribution in [0.2, 0.25) is 0 Å². The van der Waals surface area contributed by atoms with Crippen molar-refractivity contribution in [3.63, 3.8) is 0 Å². The van der Waals surface area contributed by atoms with Gasteiger partial charge >= 0.3 is 0 Å². The van der Waals surface area contributed by atoms with E-state index < -0.39 is 0 Å². The van der Waals surface area contributed by atoms with Crippen LogP contribution in [0.1, 0.15) is 40.2 Å². The van der Waals surface area contributed by atoms with Gasteiger partial charge in [-0.2, -0.15) is 0 Å². The fraction of sp³-hybridized carbons (Fsp3) is 0.320. The van der Waals surface area contributed by atoms with Crippen LogP contribution in [0.25, 0.3) is 10.2 Å². The van der Waals surface area contributed by atoms with Crippen molar-refractivity contribution in [2.45, 2.75) is 51.2 Å². The third-order valence-electron chi connectivity index (χ3n) is 6.14. The maximum Gasteiger partial charge on any atom is 0.263 e. The summed E-state index contributed by atoms with van der Waals surface area (Å²) in [7, 11) is 0. The van der Waals surface area contributed by atoms with E-state index in [9.17, 15) is 9.59 Å². The predicted molar refractivity (Wildman–Crippen MR) is 134 cm³/mol. The Morgan fingerprint density at radius 1 is 1.21 bits per heavy atom. The fourth-order valence-electron chi connectivity index (χ4n) is 4.23. The number of nitrogens with zero attached hydrogens (tertiary/aromatic N) is 2. The molecule has 0 bridgehead atoms. The van der Waals surface area contributed by atoms with Gasteiger partial charge in [0.1, 0.15) is 10.6 Å². The molecule has 3 aromatic heterocycles. The highest BCUT2D eigenvalue weighted by molar-refractivity contribution is 7.99. The molecule has 1 N–H and O–H groups in total. The molecule has 5 rings (SSSR count). The number of aromatic nitrogens is 2. The first-order chi connectivity index (χ1) is 16.0. The van der Waals surface area contributed by atoms with Crippen LogP contribution in [0.3, 0.4) is 0 Å². The third-order valence-corrected chi connectivity index (χ3v) is 8.31. The fourth-order valence-corrected chi connectivity index (χ4v) is 6.33. The maximum atomic E-state index is 13.6. The lowest BCUT2D eigenvalue weighted by molar-refractivity contribution is -0.113. The number of thiophene rings is 1. The Hall–Kier alpha value is -2.84. The molecule has 1 amide bonds. The first-order valence-electron chi connectivity index (χ1n) is 11.1. The van der Waals surface area contributed by atoms with Crippen molar-refractivity contribution in [1.82, 2.24) is 9.55 Å². The van der Waals surface area contributed by atoms with Gasteiger partial charge in [-0.05, 0) is 74.4 Å². The number of carbonyl (C=O) groups excluding carboxylic acids is 1. The molecule has 8 heteroatoms. The quantitative estimate of drug-likeness (QED) is 0.299. The number of rotatable bonds is 6. The number of furan rings is 1. The first kappa shape index (κ1) is 22.0. The van der Waals surface area contributed by atoms with Gasteiger partial charge in [0, 0.05) is 10.6 Å². The summed E-state index contributed by atoms with van der Waals surface area (Å²) in [6.07, 6.45) is 5.79. The lowest BCUT2D eigenvalue weighted by Gasteiger charge is -2.13. The zero-order valence-electron chi connectivity index (χ0n) is 18.6. The van der Waals surface area contributed by atoms with E-state index in [1.807, 2.05) is 44.2 Å². The molecular formula is C25H25N3O3S2. The second-order valence-corrected chi connectivity index (χ2v) is 10.4. The number of benzene rings is 1. The third kappa shape index (κ3) is 4.37. The molecule has 0 fully saturated rings. The monoisotopic (exact) mass is 479 g/mol. The van der Waals surface area contributed by atoms with Gasteiger partial charge < -0.3 is 9.73 Å². The lowest BCUT2D eigenvalue weighted by atomic mass is 9.97. The minimum atomic E-state index is -0.127. The van der Waals surface area contributed by atoms with E-state index in [0.717, 1.165) is 58.3 Å². The van der Waals surface area contributed by atoms with Crippen molar-refractivity contribution in [1.29, 1.82) is 0 Å². The van der Waals surface area contributed by atoms with Gasteiger partial charge in [-0.1, -0.05) is 23.9 Å². The zero-order valence-corrected chi connectivity index (χ0v) is 20.3. The van der Waals surface area contributed by atoms with Gasteiger partial charge in [-0.25, -0.2) is 4.98 Å². The molecule has 4 aromatic rings. The summed E-state index contributed by atoms with van der Waals surface area (Å²) in [6.45, 7) is 4.31. The number of carbonyl (C=O) groups is 1. The molecule has 3 heterocycles. The summed E-state index contributed by atoms with van der Waals surface area (Å²) in [6, 6.07) is 9.51. The van der Waals surface area contributed by atoms with Crippen molar-refractivity contribution in [2.75, 3.05) is 11.1 Å². The van der Waals surface area contributed by atoms with Crippen molar-refractivity contribution in [3.05, 3.63) is 74.3 Å². The molecule has 0 unspecified atom stereocenters. The van der Waals surface area contributed by atoms with Gasteiger partial charge in [-0.3, -0.25) is 14.2 Å². The van der Waals surface area contributed by atoms with Gasteiger partial charge in [0.2, 0.25) is 5.91 Å². The minimum absolute atomic E-state index is 0.0479. The van der Waals surface area contributed by atoms with Crippen LogP contribution in [0.15, 0.2) is 51.0 Å². The molecule has 0 radical (unpaired) electrons. The second kappa shape index (κ2) is 9.19. The van der Waals surface area contributed by atoms with E-state index >= 15 is 0 Å². The van der Waals surface area contributed by atoms with E-state index in [1.54, 1.807) is 22.2 Å². The predicted octanol–water partition coefficient (Wildman–Crippen LogP) is 5.33. The highest BCUT2D eigenvalue weighted by Crippen LogP contribution is 2.35. The molecule has 0 spiro atoms. The van der Waals surface area contributed by atoms with E-state index in [2.05, 4.69) is 5.32 Å². The Morgan fingerprint density at radius 2 is 2.06 bits per heavy atom. The largest absolute Gasteiger partial charge is 0.467 e.